The first-order chi connectivity index (χ1) is 14.2. The molecular formula is C22H28FN3O3S. The van der Waals surface area contributed by atoms with E-state index in [0.717, 1.165) is 11.1 Å². The second kappa shape index (κ2) is 9.24. The van der Waals surface area contributed by atoms with E-state index in [4.69, 9.17) is 0 Å². The summed E-state index contributed by atoms with van der Waals surface area (Å²) in [7, 11) is -3.57. The number of nitrogens with one attached hydrogen (secondary N) is 1. The molecule has 0 aliphatic carbocycles. The van der Waals surface area contributed by atoms with Crippen molar-refractivity contribution in [2.75, 3.05) is 26.2 Å². The molecule has 0 bridgehead atoms. The lowest BCUT2D eigenvalue weighted by Gasteiger charge is -2.37. The molecule has 8 heteroatoms. The maximum Gasteiger partial charge on any atom is 0.243 e. The third-order valence-electron chi connectivity index (χ3n) is 5.57. The van der Waals surface area contributed by atoms with Crippen LogP contribution >= 0.6 is 0 Å². The second-order valence-electron chi connectivity index (χ2n) is 7.69. The summed E-state index contributed by atoms with van der Waals surface area (Å²) in [6, 6.07) is 11.3. The molecule has 1 amide bonds. The Hall–Kier alpha value is -2.29. The molecule has 162 valence electrons. The summed E-state index contributed by atoms with van der Waals surface area (Å²) in [5.74, 6) is -0.556. The molecule has 0 radical (unpaired) electrons. The highest BCUT2D eigenvalue weighted by atomic mass is 32.2. The van der Waals surface area contributed by atoms with Crippen LogP contribution in [0.1, 0.15) is 23.6 Å². The molecule has 2 aromatic carbocycles. The number of amides is 1. The lowest BCUT2D eigenvalue weighted by molar-refractivity contribution is -0.126. The van der Waals surface area contributed by atoms with Gasteiger partial charge in [0.2, 0.25) is 15.9 Å². The summed E-state index contributed by atoms with van der Waals surface area (Å²) in [4.78, 5) is 14.8. The quantitative estimate of drug-likeness (QED) is 0.760. The van der Waals surface area contributed by atoms with Crippen molar-refractivity contribution in [3.8, 4) is 0 Å². The summed E-state index contributed by atoms with van der Waals surface area (Å²) in [6.45, 7) is 7.13. The molecule has 6 nitrogen and oxygen atoms in total. The fourth-order valence-electron chi connectivity index (χ4n) is 3.59. The molecule has 3 rings (SSSR count). The average Bonchev–Trinajstić information content (AvgIpc) is 2.74. The van der Waals surface area contributed by atoms with E-state index in [1.165, 1.54) is 10.4 Å². The van der Waals surface area contributed by atoms with Crippen molar-refractivity contribution in [3.63, 3.8) is 0 Å². The van der Waals surface area contributed by atoms with Crippen LogP contribution in [0.5, 0.6) is 0 Å². The van der Waals surface area contributed by atoms with Crippen LogP contribution in [0.2, 0.25) is 0 Å². The SMILES string of the molecule is Cc1ccc(C)c(S(=O)(=O)N2CCN(C(C)C(=O)NCc3ccccc3F)CC2)c1. The van der Waals surface area contributed by atoms with Crippen molar-refractivity contribution < 1.29 is 17.6 Å². The highest BCUT2D eigenvalue weighted by molar-refractivity contribution is 7.89. The minimum Gasteiger partial charge on any atom is -0.351 e. The third-order valence-corrected chi connectivity index (χ3v) is 7.61. The molecular weight excluding hydrogens is 405 g/mol. The number of carbonyl (C=O) groups excluding carboxylic acids is 1. The van der Waals surface area contributed by atoms with Crippen LogP contribution in [0, 0.1) is 19.7 Å². The first-order valence-electron chi connectivity index (χ1n) is 10.0. The minimum atomic E-state index is -3.57. The number of sulfonamides is 1. The van der Waals surface area contributed by atoms with Gasteiger partial charge in [-0.2, -0.15) is 4.31 Å². The molecule has 1 saturated heterocycles. The van der Waals surface area contributed by atoms with Crippen LogP contribution in [0.4, 0.5) is 4.39 Å². The van der Waals surface area contributed by atoms with Gasteiger partial charge in [-0.1, -0.05) is 30.3 Å². The monoisotopic (exact) mass is 433 g/mol. The van der Waals surface area contributed by atoms with Crippen LogP contribution in [0.3, 0.4) is 0 Å². The number of carbonyl (C=O) groups is 1. The number of nitrogens with zero attached hydrogens (tertiary/aromatic N) is 2. The summed E-state index contributed by atoms with van der Waals surface area (Å²) in [5.41, 5.74) is 2.06. The zero-order chi connectivity index (χ0) is 21.9. The van der Waals surface area contributed by atoms with E-state index in [0.29, 0.717) is 36.6 Å². The number of benzene rings is 2. The van der Waals surface area contributed by atoms with Gasteiger partial charge in [-0.15, -0.1) is 0 Å². The van der Waals surface area contributed by atoms with Gasteiger partial charge in [-0.3, -0.25) is 9.69 Å². The Kier molecular flexibility index (Phi) is 6.90. The second-order valence-corrected chi connectivity index (χ2v) is 9.60. The standard InChI is InChI=1S/C22H28FN3O3S/c1-16-8-9-17(2)21(14-16)30(28,29)26-12-10-25(11-13-26)18(3)22(27)24-15-19-6-4-5-7-20(19)23/h4-9,14,18H,10-13,15H2,1-3H3,(H,24,27). The number of halogens is 1. The van der Waals surface area contributed by atoms with E-state index >= 15 is 0 Å². The Morgan fingerprint density at radius 2 is 1.77 bits per heavy atom. The van der Waals surface area contributed by atoms with Crippen molar-refractivity contribution >= 4 is 15.9 Å². The van der Waals surface area contributed by atoms with E-state index in [9.17, 15) is 17.6 Å². The van der Waals surface area contributed by atoms with Gasteiger partial charge in [0.15, 0.2) is 0 Å². The molecule has 0 spiro atoms. The molecule has 1 unspecified atom stereocenters. The average molecular weight is 434 g/mol. The fourth-order valence-corrected chi connectivity index (χ4v) is 5.33. The van der Waals surface area contributed by atoms with E-state index in [1.807, 2.05) is 24.0 Å². The minimum absolute atomic E-state index is 0.122. The molecule has 1 aliphatic heterocycles. The lowest BCUT2D eigenvalue weighted by Crippen LogP contribution is -2.54. The molecule has 0 saturated carbocycles. The predicted octanol–water partition coefficient (Wildman–Crippen LogP) is 2.45. The highest BCUT2D eigenvalue weighted by Crippen LogP contribution is 2.23. The highest BCUT2D eigenvalue weighted by Gasteiger charge is 2.32. The molecule has 1 atom stereocenters. The number of hydrogen-bond donors (Lipinski definition) is 1. The van der Waals surface area contributed by atoms with Crippen molar-refractivity contribution in [2.45, 2.75) is 38.3 Å². The zero-order valence-electron chi connectivity index (χ0n) is 17.6. The summed E-state index contributed by atoms with van der Waals surface area (Å²) >= 11 is 0. The predicted molar refractivity (Wildman–Crippen MR) is 114 cm³/mol. The lowest BCUT2D eigenvalue weighted by atomic mass is 10.2. The summed E-state index contributed by atoms with van der Waals surface area (Å²) < 4.78 is 41.3. The molecule has 1 heterocycles. The molecule has 1 fully saturated rings. The number of piperazine rings is 1. The topological polar surface area (TPSA) is 69.7 Å². The van der Waals surface area contributed by atoms with Gasteiger partial charge >= 0.3 is 0 Å². The van der Waals surface area contributed by atoms with Crippen molar-refractivity contribution in [2.24, 2.45) is 0 Å². The molecule has 1 N–H and O–H groups in total. The van der Waals surface area contributed by atoms with Crippen LogP contribution in [-0.2, 0) is 21.4 Å². The van der Waals surface area contributed by atoms with E-state index in [-0.39, 0.29) is 18.3 Å². The Morgan fingerprint density at radius 3 is 2.43 bits per heavy atom. The Labute approximate surface area is 177 Å². The van der Waals surface area contributed by atoms with E-state index in [2.05, 4.69) is 5.32 Å². The van der Waals surface area contributed by atoms with Crippen molar-refractivity contribution in [1.29, 1.82) is 0 Å². The Balaban J connectivity index is 1.58. The van der Waals surface area contributed by atoms with E-state index < -0.39 is 16.1 Å². The van der Waals surface area contributed by atoms with Gasteiger partial charge in [0.1, 0.15) is 5.82 Å². The first-order valence-corrected chi connectivity index (χ1v) is 11.5. The number of hydrogen-bond acceptors (Lipinski definition) is 4. The number of rotatable bonds is 6. The largest absolute Gasteiger partial charge is 0.351 e. The summed E-state index contributed by atoms with van der Waals surface area (Å²) in [6.07, 6.45) is 0. The smallest absolute Gasteiger partial charge is 0.243 e. The van der Waals surface area contributed by atoms with Crippen molar-refractivity contribution in [1.82, 2.24) is 14.5 Å². The van der Waals surface area contributed by atoms with Gasteiger partial charge in [-0.25, -0.2) is 12.8 Å². The van der Waals surface area contributed by atoms with Gasteiger partial charge in [0.05, 0.1) is 10.9 Å². The molecule has 30 heavy (non-hydrogen) atoms. The van der Waals surface area contributed by atoms with Crippen LogP contribution in [0.15, 0.2) is 47.4 Å². The first kappa shape index (κ1) is 22.4. The zero-order valence-corrected chi connectivity index (χ0v) is 18.4. The fraction of sp³-hybridized carbons (Fsp3) is 0.409. The normalized spacial score (nSPS) is 16.9. The molecule has 2 aromatic rings. The van der Waals surface area contributed by atoms with Gasteiger partial charge in [0.25, 0.3) is 0 Å². The third kappa shape index (κ3) is 4.88. The van der Waals surface area contributed by atoms with Crippen LogP contribution < -0.4 is 5.32 Å². The number of aryl methyl sites for hydroxylation is 2. The Morgan fingerprint density at radius 1 is 1.10 bits per heavy atom. The molecule has 0 aromatic heterocycles. The van der Waals surface area contributed by atoms with Crippen LogP contribution in [-0.4, -0.2) is 55.8 Å². The maximum absolute atomic E-state index is 13.7. The van der Waals surface area contributed by atoms with E-state index in [1.54, 1.807) is 38.1 Å². The summed E-state index contributed by atoms with van der Waals surface area (Å²) in [5, 5.41) is 2.77. The Bertz CT molecular complexity index is 1020. The van der Waals surface area contributed by atoms with Gasteiger partial charge < -0.3 is 5.32 Å². The molecule has 1 aliphatic rings. The maximum atomic E-state index is 13.7. The van der Waals surface area contributed by atoms with Crippen molar-refractivity contribution in [3.05, 3.63) is 65.0 Å². The van der Waals surface area contributed by atoms with Gasteiger partial charge in [0, 0.05) is 38.3 Å². The van der Waals surface area contributed by atoms with Crippen LogP contribution in [0.25, 0.3) is 0 Å². The van der Waals surface area contributed by atoms with Gasteiger partial charge in [-0.05, 0) is 44.0 Å².